The van der Waals surface area contributed by atoms with Crippen LogP contribution in [0.25, 0.3) is 0 Å². The minimum absolute atomic E-state index is 0.0872. The molecule has 0 aromatic heterocycles. The number of allylic oxidation sites excluding steroid dienone is 2. The van der Waals surface area contributed by atoms with Gasteiger partial charge >= 0.3 is 5.97 Å². The first-order valence-corrected chi connectivity index (χ1v) is 16.2. The molecule has 0 bridgehead atoms. The van der Waals surface area contributed by atoms with Crippen LogP contribution in [-0.4, -0.2) is 70.0 Å². The van der Waals surface area contributed by atoms with Crippen LogP contribution in [0.2, 0.25) is 0 Å². The average Bonchev–Trinajstić information content (AvgIpc) is 3.21. The lowest BCUT2D eigenvalue weighted by Crippen LogP contribution is -2.54. The van der Waals surface area contributed by atoms with Crippen molar-refractivity contribution in [3.63, 3.8) is 0 Å². The van der Waals surface area contributed by atoms with Crippen LogP contribution in [0.15, 0.2) is 16.8 Å². The summed E-state index contributed by atoms with van der Waals surface area (Å²) in [5, 5.41) is 29.8. The molecule has 0 radical (unpaired) electrons. The molecule has 9 nitrogen and oxygen atoms in total. The molecule has 10 heteroatoms. The standard InChI is InChI=1S/C31H45N3O6S/c1-6-31(39)15-11-24-22-8-7-20-17-21(9-13-29(20,3)23(22)10-14-30(24,31)4)34-40-18-26(35)32-19(2)27(36)33-25(28(37)38)12-16-41-5/h1,17,19,22-25,39H,7-16,18H2,2-5H3,(H,32,35)(H,33,36)(H,37,38)/b34-21+/t19?,22?,23?,24?,25?,29-,30-,31-/m0/s1. The van der Waals surface area contributed by atoms with Crippen molar-refractivity contribution in [2.75, 3.05) is 18.6 Å². The highest BCUT2D eigenvalue weighted by Crippen LogP contribution is 2.67. The Morgan fingerprint density at radius 1 is 1.17 bits per heavy atom. The topological polar surface area (TPSA) is 137 Å². The van der Waals surface area contributed by atoms with E-state index in [-0.39, 0.29) is 17.4 Å². The van der Waals surface area contributed by atoms with Gasteiger partial charge in [0, 0.05) is 5.41 Å². The molecule has 4 aliphatic rings. The molecular formula is C31H45N3O6S. The van der Waals surface area contributed by atoms with Gasteiger partial charge < -0.3 is 25.7 Å². The van der Waals surface area contributed by atoms with Gasteiger partial charge in [-0.25, -0.2) is 4.79 Å². The fourth-order valence-electron chi connectivity index (χ4n) is 8.21. The number of hydrogen-bond acceptors (Lipinski definition) is 7. The number of carboxylic acid groups (broad SMARTS) is 1. The summed E-state index contributed by atoms with van der Waals surface area (Å²) < 4.78 is 0. The zero-order chi connectivity index (χ0) is 30.0. The maximum Gasteiger partial charge on any atom is 0.326 e. The van der Waals surface area contributed by atoms with Gasteiger partial charge in [0.15, 0.2) is 6.61 Å². The molecule has 2 amide bonds. The number of nitrogens with one attached hydrogen (secondary N) is 2. The van der Waals surface area contributed by atoms with Gasteiger partial charge in [0.1, 0.15) is 17.7 Å². The second-order valence-electron chi connectivity index (χ2n) is 12.8. The molecule has 41 heavy (non-hydrogen) atoms. The van der Waals surface area contributed by atoms with Gasteiger partial charge in [0.2, 0.25) is 5.91 Å². The first-order chi connectivity index (χ1) is 19.4. The Kier molecular flexibility index (Phi) is 9.49. The highest BCUT2D eigenvalue weighted by molar-refractivity contribution is 7.98. The number of amides is 2. The van der Waals surface area contributed by atoms with Crippen molar-refractivity contribution < 1.29 is 29.4 Å². The largest absolute Gasteiger partial charge is 0.480 e. The Balaban J connectivity index is 1.31. The van der Waals surface area contributed by atoms with E-state index in [0.717, 1.165) is 50.7 Å². The third-order valence-corrected chi connectivity index (χ3v) is 11.4. The molecular weight excluding hydrogens is 542 g/mol. The van der Waals surface area contributed by atoms with Crippen LogP contribution in [0.5, 0.6) is 0 Å². The van der Waals surface area contributed by atoms with Gasteiger partial charge in [-0.1, -0.05) is 30.5 Å². The summed E-state index contributed by atoms with van der Waals surface area (Å²) in [6.07, 6.45) is 17.6. The predicted molar refractivity (Wildman–Crippen MR) is 159 cm³/mol. The zero-order valence-electron chi connectivity index (χ0n) is 24.7. The van der Waals surface area contributed by atoms with Crippen LogP contribution in [0, 0.1) is 40.9 Å². The van der Waals surface area contributed by atoms with E-state index in [1.807, 2.05) is 6.26 Å². The smallest absolute Gasteiger partial charge is 0.326 e. The Morgan fingerprint density at radius 2 is 1.90 bits per heavy atom. The van der Waals surface area contributed by atoms with E-state index in [1.165, 1.54) is 24.3 Å². The lowest BCUT2D eigenvalue weighted by Gasteiger charge is -2.58. The molecule has 0 aliphatic heterocycles. The van der Waals surface area contributed by atoms with Crippen LogP contribution in [-0.2, 0) is 19.2 Å². The van der Waals surface area contributed by atoms with Crippen molar-refractivity contribution in [1.82, 2.24) is 10.6 Å². The van der Waals surface area contributed by atoms with E-state index in [2.05, 4.69) is 41.6 Å². The zero-order valence-corrected chi connectivity index (χ0v) is 25.5. The molecule has 226 valence electrons. The highest BCUT2D eigenvalue weighted by Gasteiger charge is 2.63. The Morgan fingerprint density at radius 3 is 2.59 bits per heavy atom. The summed E-state index contributed by atoms with van der Waals surface area (Å²) in [5.74, 6) is 2.75. The molecule has 4 rings (SSSR count). The van der Waals surface area contributed by atoms with E-state index >= 15 is 0 Å². The van der Waals surface area contributed by atoms with E-state index in [0.29, 0.717) is 36.3 Å². The number of carboxylic acids is 1. The summed E-state index contributed by atoms with van der Waals surface area (Å²) in [7, 11) is 0. The number of carbonyl (C=O) groups is 3. The van der Waals surface area contributed by atoms with E-state index < -0.39 is 35.5 Å². The lowest BCUT2D eigenvalue weighted by molar-refractivity contribution is -0.142. The summed E-state index contributed by atoms with van der Waals surface area (Å²) in [4.78, 5) is 41.5. The predicted octanol–water partition coefficient (Wildman–Crippen LogP) is 3.51. The van der Waals surface area contributed by atoms with Crippen LogP contribution in [0.4, 0.5) is 0 Å². The molecule has 0 heterocycles. The summed E-state index contributed by atoms with van der Waals surface area (Å²) in [5.41, 5.74) is 1.09. The number of nitrogens with zero attached hydrogens (tertiary/aromatic N) is 1. The first-order valence-electron chi connectivity index (χ1n) is 14.8. The number of aliphatic hydroxyl groups is 1. The fourth-order valence-corrected chi connectivity index (χ4v) is 8.68. The second-order valence-corrected chi connectivity index (χ2v) is 13.8. The Bertz CT molecular complexity index is 1150. The van der Waals surface area contributed by atoms with Gasteiger partial charge in [0.05, 0.1) is 5.71 Å². The third-order valence-electron chi connectivity index (χ3n) is 10.7. The molecule has 0 aromatic carbocycles. The maximum atomic E-state index is 12.4. The normalized spacial score (nSPS) is 36.4. The molecule has 4 N–H and O–H groups in total. The monoisotopic (exact) mass is 587 g/mol. The van der Waals surface area contributed by atoms with Crippen LogP contribution in [0.3, 0.4) is 0 Å². The second kappa shape index (κ2) is 12.4. The summed E-state index contributed by atoms with van der Waals surface area (Å²) >= 11 is 1.50. The quantitative estimate of drug-likeness (QED) is 0.227. The van der Waals surface area contributed by atoms with Crippen LogP contribution < -0.4 is 10.6 Å². The SMILES string of the molecule is C#C[C@]1(O)CCC2C3CCC4=C/C(=N/OCC(=O)NC(C)C(=O)NC(CCSC)C(=O)O)CC[C@]4(C)C3CC[C@@]21C. The van der Waals surface area contributed by atoms with Crippen molar-refractivity contribution >= 4 is 35.3 Å². The van der Waals surface area contributed by atoms with Crippen molar-refractivity contribution in [3.8, 4) is 12.3 Å². The molecule has 0 aromatic rings. The molecule has 0 saturated heterocycles. The number of thioether (sulfide) groups is 1. The fraction of sp³-hybridized carbons (Fsp3) is 0.742. The molecule has 4 aliphatic carbocycles. The number of rotatable bonds is 10. The molecule has 3 fully saturated rings. The van der Waals surface area contributed by atoms with Crippen molar-refractivity contribution in [2.24, 2.45) is 33.7 Å². The first kappa shape index (κ1) is 31.4. The van der Waals surface area contributed by atoms with Gasteiger partial charge in [-0.3, -0.25) is 9.59 Å². The van der Waals surface area contributed by atoms with Gasteiger partial charge in [-0.15, -0.1) is 6.42 Å². The minimum Gasteiger partial charge on any atom is -0.480 e. The van der Waals surface area contributed by atoms with Crippen molar-refractivity contribution in [1.29, 1.82) is 0 Å². The van der Waals surface area contributed by atoms with Gasteiger partial charge in [0.25, 0.3) is 5.91 Å². The number of oxime groups is 1. The number of hydrogen-bond donors (Lipinski definition) is 4. The lowest BCUT2D eigenvalue weighted by atomic mass is 9.46. The van der Waals surface area contributed by atoms with E-state index in [9.17, 15) is 24.6 Å². The van der Waals surface area contributed by atoms with E-state index in [1.54, 1.807) is 0 Å². The Labute approximate surface area is 247 Å². The molecule has 0 spiro atoms. The summed E-state index contributed by atoms with van der Waals surface area (Å²) in [6.45, 7) is 5.76. The molecule has 5 unspecified atom stereocenters. The molecule has 3 saturated carbocycles. The minimum atomic E-state index is -1.10. The van der Waals surface area contributed by atoms with Gasteiger partial charge in [-0.05, 0) is 106 Å². The van der Waals surface area contributed by atoms with E-state index in [4.69, 9.17) is 11.3 Å². The van der Waals surface area contributed by atoms with Crippen LogP contribution >= 0.6 is 11.8 Å². The highest BCUT2D eigenvalue weighted by atomic mass is 32.2. The number of terminal acetylenes is 1. The molecule has 8 atom stereocenters. The third kappa shape index (κ3) is 6.03. The van der Waals surface area contributed by atoms with Crippen molar-refractivity contribution in [2.45, 2.75) is 96.2 Å². The van der Waals surface area contributed by atoms with Crippen LogP contribution in [0.1, 0.15) is 78.6 Å². The average molecular weight is 588 g/mol. The number of carbonyl (C=O) groups excluding carboxylic acids is 2. The Hall–Kier alpha value is -2.51. The number of fused-ring (bicyclic) bond motifs is 5. The van der Waals surface area contributed by atoms with Crippen molar-refractivity contribution in [3.05, 3.63) is 11.6 Å². The van der Waals surface area contributed by atoms with Gasteiger partial charge in [-0.2, -0.15) is 11.8 Å². The maximum absolute atomic E-state index is 12.4. The summed E-state index contributed by atoms with van der Waals surface area (Å²) in [6, 6.07) is -1.91. The number of aliphatic carboxylic acids is 1.